The Morgan fingerprint density at radius 3 is 2.83 bits per heavy atom. The van der Waals surface area contributed by atoms with E-state index in [-0.39, 0.29) is 0 Å². The van der Waals surface area contributed by atoms with Gasteiger partial charge in [0.25, 0.3) is 0 Å². The van der Waals surface area contributed by atoms with Gasteiger partial charge in [0.05, 0.1) is 6.61 Å². The molecule has 0 radical (unpaired) electrons. The highest BCUT2D eigenvalue weighted by molar-refractivity contribution is 9.10. The summed E-state index contributed by atoms with van der Waals surface area (Å²) in [5, 5.41) is 7.05. The minimum Gasteiger partial charge on any atom is -0.383 e. The molecule has 0 aliphatic heterocycles. The summed E-state index contributed by atoms with van der Waals surface area (Å²) in [7, 11) is 3.39. The van der Waals surface area contributed by atoms with Gasteiger partial charge in [-0.15, -0.1) is 0 Å². The van der Waals surface area contributed by atoms with Crippen molar-refractivity contribution in [1.29, 1.82) is 0 Å². The molecular formula is C12H17BrClN3O. The van der Waals surface area contributed by atoms with Gasteiger partial charge < -0.3 is 15.4 Å². The van der Waals surface area contributed by atoms with Crippen molar-refractivity contribution >= 4 is 33.5 Å². The summed E-state index contributed by atoms with van der Waals surface area (Å²) in [5.41, 5.74) is 1.02. The normalized spacial score (nSPS) is 11.4. The van der Waals surface area contributed by atoms with Crippen LogP contribution in [0.25, 0.3) is 0 Å². The molecule has 0 spiro atoms. The van der Waals surface area contributed by atoms with E-state index in [9.17, 15) is 0 Å². The number of nitrogens with zero attached hydrogens (tertiary/aromatic N) is 1. The van der Waals surface area contributed by atoms with Crippen LogP contribution in [0, 0.1) is 0 Å². The fourth-order valence-electron chi connectivity index (χ4n) is 1.34. The lowest BCUT2D eigenvalue weighted by Gasteiger charge is -2.12. The van der Waals surface area contributed by atoms with Gasteiger partial charge >= 0.3 is 0 Å². The van der Waals surface area contributed by atoms with Crippen LogP contribution >= 0.6 is 27.5 Å². The predicted molar refractivity (Wildman–Crippen MR) is 79.2 cm³/mol. The van der Waals surface area contributed by atoms with Gasteiger partial charge in [-0.05, 0) is 17.7 Å². The van der Waals surface area contributed by atoms with Crippen molar-refractivity contribution in [3.05, 3.63) is 33.3 Å². The van der Waals surface area contributed by atoms with E-state index in [0.717, 1.165) is 21.0 Å². The van der Waals surface area contributed by atoms with Crippen LogP contribution in [0.5, 0.6) is 0 Å². The lowest BCUT2D eigenvalue weighted by molar-refractivity contribution is 0.203. The number of rotatable bonds is 5. The molecule has 0 amide bonds. The van der Waals surface area contributed by atoms with Crippen LogP contribution < -0.4 is 10.6 Å². The molecule has 1 aromatic carbocycles. The van der Waals surface area contributed by atoms with E-state index in [1.165, 1.54) is 0 Å². The first-order valence-electron chi connectivity index (χ1n) is 5.54. The molecule has 4 nitrogen and oxygen atoms in total. The lowest BCUT2D eigenvalue weighted by atomic mass is 10.2. The quantitative estimate of drug-likeness (QED) is 0.494. The summed E-state index contributed by atoms with van der Waals surface area (Å²) >= 11 is 9.51. The highest BCUT2D eigenvalue weighted by Crippen LogP contribution is 2.20. The maximum atomic E-state index is 6.13. The van der Waals surface area contributed by atoms with Gasteiger partial charge in [0.2, 0.25) is 0 Å². The average molecular weight is 335 g/mol. The van der Waals surface area contributed by atoms with Crippen LogP contribution in [0.1, 0.15) is 5.56 Å². The number of hydrogen-bond donors (Lipinski definition) is 2. The number of benzene rings is 1. The predicted octanol–water partition coefficient (Wildman–Crippen LogP) is 2.41. The molecule has 0 atom stereocenters. The van der Waals surface area contributed by atoms with Crippen LogP contribution in [-0.2, 0) is 11.3 Å². The molecule has 1 aromatic rings. The third-order valence-electron chi connectivity index (χ3n) is 2.28. The van der Waals surface area contributed by atoms with E-state index in [0.29, 0.717) is 19.7 Å². The van der Waals surface area contributed by atoms with Crippen LogP contribution in [-0.4, -0.2) is 33.3 Å². The van der Waals surface area contributed by atoms with Crippen molar-refractivity contribution in [2.45, 2.75) is 6.54 Å². The molecule has 1 rings (SSSR count). The lowest BCUT2D eigenvalue weighted by Crippen LogP contribution is -2.38. The Morgan fingerprint density at radius 1 is 1.44 bits per heavy atom. The second-order valence-corrected chi connectivity index (χ2v) is 4.90. The monoisotopic (exact) mass is 333 g/mol. The molecule has 0 aliphatic rings. The number of nitrogens with one attached hydrogen (secondary N) is 2. The first kappa shape index (κ1) is 15.3. The summed E-state index contributed by atoms with van der Waals surface area (Å²) < 4.78 is 5.93. The zero-order chi connectivity index (χ0) is 13.4. The highest BCUT2D eigenvalue weighted by atomic mass is 79.9. The van der Waals surface area contributed by atoms with E-state index >= 15 is 0 Å². The number of ether oxygens (including phenoxy) is 1. The maximum Gasteiger partial charge on any atom is 0.191 e. The molecule has 0 saturated heterocycles. The maximum absolute atomic E-state index is 6.13. The van der Waals surface area contributed by atoms with Crippen LogP contribution in [0.2, 0.25) is 5.02 Å². The van der Waals surface area contributed by atoms with Crippen molar-refractivity contribution in [2.75, 3.05) is 27.3 Å². The van der Waals surface area contributed by atoms with E-state index in [2.05, 4.69) is 31.6 Å². The third kappa shape index (κ3) is 5.25. The molecule has 6 heteroatoms. The number of halogens is 2. The summed E-state index contributed by atoms with van der Waals surface area (Å²) in [6.45, 7) is 1.97. The fourth-order valence-corrected chi connectivity index (χ4v) is 2.08. The zero-order valence-electron chi connectivity index (χ0n) is 10.5. The average Bonchev–Trinajstić information content (AvgIpc) is 2.35. The van der Waals surface area contributed by atoms with Crippen molar-refractivity contribution in [1.82, 2.24) is 10.6 Å². The second kappa shape index (κ2) is 8.34. The number of methoxy groups -OCH3 is 1. The molecule has 0 unspecified atom stereocenters. The summed E-state index contributed by atoms with van der Waals surface area (Å²) in [5.74, 6) is 0.728. The van der Waals surface area contributed by atoms with Crippen LogP contribution in [0.4, 0.5) is 0 Å². The largest absolute Gasteiger partial charge is 0.383 e. The number of hydrogen-bond acceptors (Lipinski definition) is 2. The minimum atomic E-state index is 0.624. The minimum absolute atomic E-state index is 0.624. The molecule has 2 N–H and O–H groups in total. The molecule has 18 heavy (non-hydrogen) atoms. The Bertz CT molecular complexity index is 412. The second-order valence-electron chi connectivity index (χ2n) is 3.58. The van der Waals surface area contributed by atoms with Gasteiger partial charge in [0.1, 0.15) is 0 Å². The van der Waals surface area contributed by atoms with Crippen molar-refractivity contribution < 1.29 is 4.74 Å². The number of aliphatic imine (C=N–C) groups is 1. The van der Waals surface area contributed by atoms with E-state index < -0.39 is 0 Å². The van der Waals surface area contributed by atoms with Crippen molar-refractivity contribution in [3.63, 3.8) is 0 Å². The molecular weight excluding hydrogens is 318 g/mol. The Balaban J connectivity index is 2.47. The van der Waals surface area contributed by atoms with E-state index in [4.69, 9.17) is 16.3 Å². The van der Waals surface area contributed by atoms with Gasteiger partial charge in [-0.2, -0.15) is 0 Å². The Labute approximate surface area is 121 Å². The summed E-state index contributed by atoms with van der Waals surface area (Å²) in [6, 6.07) is 5.81. The first-order chi connectivity index (χ1) is 8.67. The van der Waals surface area contributed by atoms with Crippen LogP contribution in [0.3, 0.4) is 0 Å². The molecule has 0 aliphatic carbocycles. The van der Waals surface area contributed by atoms with Gasteiger partial charge in [-0.25, -0.2) is 0 Å². The molecule has 0 saturated carbocycles. The van der Waals surface area contributed by atoms with Crippen molar-refractivity contribution in [3.8, 4) is 0 Å². The molecule has 0 heterocycles. The topological polar surface area (TPSA) is 45.7 Å². The van der Waals surface area contributed by atoms with Gasteiger partial charge in [-0.3, -0.25) is 4.99 Å². The van der Waals surface area contributed by atoms with Crippen LogP contribution in [0.15, 0.2) is 27.7 Å². The Hall–Kier alpha value is -0.780. The first-order valence-corrected chi connectivity index (χ1v) is 6.72. The smallest absolute Gasteiger partial charge is 0.191 e. The number of guanidine groups is 1. The third-order valence-corrected chi connectivity index (χ3v) is 3.13. The van der Waals surface area contributed by atoms with Gasteiger partial charge in [0.15, 0.2) is 5.96 Å². The van der Waals surface area contributed by atoms with Gasteiger partial charge in [0, 0.05) is 36.7 Å². The fraction of sp³-hybridized carbons (Fsp3) is 0.417. The molecule has 0 fully saturated rings. The Morgan fingerprint density at radius 2 is 2.22 bits per heavy atom. The Kier molecular flexibility index (Phi) is 7.08. The van der Waals surface area contributed by atoms with Gasteiger partial charge in [-0.1, -0.05) is 33.6 Å². The highest BCUT2D eigenvalue weighted by Gasteiger charge is 2.02. The summed E-state index contributed by atoms with van der Waals surface area (Å²) in [4.78, 5) is 4.11. The van der Waals surface area contributed by atoms with E-state index in [1.807, 2.05) is 18.2 Å². The zero-order valence-corrected chi connectivity index (χ0v) is 12.8. The summed E-state index contributed by atoms with van der Waals surface area (Å²) in [6.07, 6.45) is 0. The SMILES string of the molecule is CN=C(NCCOC)NCc1ccc(Br)cc1Cl. The molecule has 100 valence electrons. The molecule has 0 aromatic heterocycles. The molecule has 0 bridgehead atoms. The standard InChI is InChI=1S/C12H17BrClN3O/c1-15-12(16-5-6-18-2)17-8-9-3-4-10(13)7-11(9)14/h3-4,7H,5-6,8H2,1-2H3,(H2,15,16,17). The van der Waals surface area contributed by atoms with Crippen molar-refractivity contribution in [2.24, 2.45) is 4.99 Å². The van der Waals surface area contributed by atoms with E-state index in [1.54, 1.807) is 14.2 Å².